The van der Waals surface area contributed by atoms with Crippen molar-refractivity contribution >= 4 is 0 Å². The van der Waals surface area contributed by atoms with Gasteiger partial charge in [0.25, 0.3) is 0 Å². The Balaban J connectivity index is 2.06. The quantitative estimate of drug-likeness (QED) is 0.657. The molecule has 1 heteroatoms. The summed E-state index contributed by atoms with van der Waals surface area (Å²) in [6.07, 6.45) is 2.58. The lowest BCUT2D eigenvalue weighted by molar-refractivity contribution is 0.266. The summed E-state index contributed by atoms with van der Waals surface area (Å²) in [5, 5.41) is 3.64. The first-order valence-electron chi connectivity index (χ1n) is 5.66. The van der Waals surface area contributed by atoms with Crippen LogP contribution in [0.3, 0.4) is 0 Å². The molecule has 1 fully saturated rings. The maximum atomic E-state index is 3.64. The third-order valence-corrected chi connectivity index (χ3v) is 3.87. The Kier molecular flexibility index (Phi) is 1.88. The van der Waals surface area contributed by atoms with E-state index >= 15 is 0 Å². The molecule has 0 spiro atoms. The molecule has 0 amide bonds. The molecule has 1 saturated heterocycles. The summed E-state index contributed by atoms with van der Waals surface area (Å²) in [7, 11) is 0. The lowest BCUT2D eigenvalue weighted by atomic mass is 9.72. The Labute approximate surface area is 85.5 Å². The normalized spacial score (nSPS) is 35.1. The molecule has 3 atom stereocenters. The summed E-state index contributed by atoms with van der Waals surface area (Å²) in [6, 6.07) is 9.73. The highest BCUT2D eigenvalue weighted by Crippen LogP contribution is 2.39. The molecule has 0 radical (unpaired) electrons. The van der Waals surface area contributed by atoms with Crippen LogP contribution in [0.25, 0.3) is 0 Å². The van der Waals surface area contributed by atoms with Crippen molar-refractivity contribution in [2.75, 3.05) is 6.54 Å². The van der Waals surface area contributed by atoms with E-state index in [1.807, 2.05) is 0 Å². The summed E-state index contributed by atoms with van der Waals surface area (Å²) >= 11 is 0. The molecule has 74 valence electrons. The van der Waals surface area contributed by atoms with Crippen molar-refractivity contribution in [3.05, 3.63) is 35.4 Å². The minimum Gasteiger partial charge on any atom is -0.313 e. The second-order valence-electron chi connectivity index (χ2n) is 4.83. The highest BCUT2D eigenvalue weighted by Gasteiger charge is 2.33. The van der Waals surface area contributed by atoms with Crippen LogP contribution < -0.4 is 5.32 Å². The van der Waals surface area contributed by atoms with Crippen LogP contribution in [0.15, 0.2) is 24.3 Å². The second-order valence-corrected chi connectivity index (χ2v) is 4.83. The maximum absolute atomic E-state index is 3.64. The van der Waals surface area contributed by atoms with Crippen LogP contribution in [-0.4, -0.2) is 12.6 Å². The van der Waals surface area contributed by atoms with E-state index in [2.05, 4.69) is 36.5 Å². The molecule has 1 heterocycles. The zero-order valence-corrected chi connectivity index (χ0v) is 8.66. The van der Waals surface area contributed by atoms with Crippen LogP contribution in [0, 0.1) is 5.92 Å². The maximum Gasteiger partial charge on any atom is 0.0114 e. The average Bonchev–Trinajstić information content (AvgIpc) is 2.23. The molecule has 2 bridgehead atoms. The standard InChI is InChI=1S/C13H17N/c1-9-8-14-11-6-10-4-2-3-5-12(10)13(9)7-11/h2-5,9,11,13-14H,6-8H2,1H3/t9-,11-,13+/m1/s1. The van der Waals surface area contributed by atoms with E-state index in [1.165, 1.54) is 19.4 Å². The van der Waals surface area contributed by atoms with Crippen molar-refractivity contribution in [1.82, 2.24) is 5.32 Å². The van der Waals surface area contributed by atoms with Gasteiger partial charge in [0.05, 0.1) is 0 Å². The molecule has 14 heavy (non-hydrogen) atoms. The van der Waals surface area contributed by atoms with Crippen LogP contribution in [0.2, 0.25) is 0 Å². The van der Waals surface area contributed by atoms with Crippen LogP contribution in [-0.2, 0) is 6.42 Å². The molecule has 2 aliphatic rings. The molecule has 0 saturated carbocycles. The third kappa shape index (κ3) is 1.19. The van der Waals surface area contributed by atoms with Gasteiger partial charge in [-0.2, -0.15) is 0 Å². The number of rotatable bonds is 0. The van der Waals surface area contributed by atoms with Gasteiger partial charge in [-0.25, -0.2) is 0 Å². The van der Waals surface area contributed by atoms with Gasteiger partial charge in [-0.05, 0) is 42.3 Å². The van der Waals surface area contributed by atoms with Gasteiger partial charge in [0.2, 0.25) is 0 Å². The summed E-state index contributed by atoms with van der Waals surface area (Å²) in [5.41, 5.74) is 3.20. The van der Waals surface area contributed by atoms with Gasteiger partial charge in [0.1, 0.15) is 0 Å². The van der Waals surface area contributed by atoms with Crippen molar-refractivity contribution in [2.24, 2.45) is 5.92 Å². The molecule has 3 rings (SSSR count). The smallest absolute Gasteiger partial charge is 0.0114 e. The largest absolute Gasteiger partial charge is 0.313 e. The summed E-state index contributed by atoms with van der Waals surface area (Å²) in [4.78, 5) is 0. The molecule has 0 unspecified atom stereocenters. The first-order valence-corrected chi connectivity index (χ1v) is 5.66. The molecule has 1 aromatic carbocycles. The number of nitrogens with one attached hydrogen (secondary N) is 1. The number of hydrogen-bond acceptors (Lipinski definition) is 1. The lowest BCUT2D eigenvalue weighted by Gasteiger charge is -2.41. The molecular formula is C13H17N. The zero-order chi connectivity index (χ0) is 9.54. The Morgan fingerprint density at radius 3 is 3.07 bits per heavy atom. The van der Waals surface area contributed by atoms with E-state index < -0.39 is 0 Å². The molecule has 0 aromatic heterocycles. The Bertz CT molecular complexity index is 345. The fourth-order valence-electron chi connectivity index (χ4n) is 3.05. The highest BCUT2D eigenvalue weighted by molar-refractivity contribution is 5.35. The summed E-state index contributed by atoms with van der Waals surface area (Å²) < 4.78 is 0. The Morgan fingerprint density at radius 1 is 1.29 bits per heavy atom. The van der Waals surface area contributed by atoms with Crippen molar-refractivity contribution < 1.29 is 0 Å². The van der Waals surface area contributed by atoms with E-state index in [9.17, 15) is 0 Å². The SMILES string of the molecule is C[C@@H]1CN[C@@H]2Cc3ccccc3[C@H]1C2. The Hall–Kier alpha value is -0.820. The topological polar surface area (TPSA) is 12.0 Å². The summed E-state index contributed by atoms with van der Waals surface area (Å²) in [5.74, 6) is 1.61. The highest BCUT2D eigenvalue weighted by atomic mass is 14.9. The van der Waals surface area contributed by atoms with Crippen LogP contribution in [0.1, 0.15) is 30.4 Å². The van der Waals surface area contributed by atoms with Crippen LogP contribution in [0.4, 0.5) is 0 Å². The molecular weight excluding hydrogens is 170 g/mol. The van der Waals surface area contributed by atoms with Gasteiger partial charge >= 0.3 is 0 Å². The van der Waals surface area contributed by atoms with Crippen LogP contribution in [0.5, 0.6) is 0 Å². The van der Waals surface area contributed by atoms with Gasteiger partial charge in [0, 0.05) is 6.04 Å². The fraction of sp³-hybridized carbons (Fsp3) is 0.538. The van der Waals surface area contributed by atoms with E-state index in [0.29, 0.717) is 0 Å². The van der Waals surface area contributed by atoms with Gasteiger partial charge in [-0.1, -0.05) is 31.2 Å². The van der Waals surface area contributed by atoms with Crippen molar-refractivity contribution in [3.8, 4) is 0 Å². The first-order chi connectivity index (χ1) is 6.84. The van der Waals surface area contributed by atoms with E-state index in [1.54, 1.807) is 11.1 Å². The number of benzene rings is 1. The molecule has 1 aliphatic carbocycles. The fourth-order valence-corrected chi connectivity index (χ4v) is 3.05. The molecule has 1 nitrogen and oxygen atoms in total. The number of piperidine rings is 1. The van der Waals surface area contributed by atoms with Gasteiger partial charge in [-0.3, -0.25) is 0 Å². The van der Waals surface area contributed by atoms with E-state index in [-0.39, 0.29) is 0 Å². The van der Waals surface area contributed by atoms with Gasteiger partial charge < -0.3 is 5.32 Å². The molecule has 1 N–H and O–H groups in total. The van der Waals surface area contributed by atoms with Gasteiger partial charge in [0.15, 0.2) is 0 Å². The first kappa shape index (κ1) is 8.49. The van der Waals surface area contributed by atoms with Crippen molar-refractivity contribution in [1.29, 1.82) is 0 Å². The predicted octanol–water partition coefficient (Wildman–Crippen LogP) is 2.32. The van der Waals surface area contributed by atoms with Crippen molar-refractivity contribution in [2.45, 2.75) is 31.7 Å². The Morgan fingerprint density at radius 2 is 2.14 bits per heavy atom. The van der Waals surface area contributed by atoms with E-state index in [4.69, 9.17) is 0 Å². The monoisotopic (exact) mass is 187 g/mol. The predicted molar refractivity (Wildman–Crippen MR) is 58.5 cm³/mol. The minimum absolute atomic E-state index is 0.742. The van der Waals surface area contributed by atoms with Gasteiger partial charge in [-0.15, -0.1) is 0 Å². The third-order valence-electron chi connectivity index (χ3n) is 3.87. The number of hydrogen-bond donors (Lipinski definition) is 1. The van der Waals surface area contributed by atoms with E-state index in [0.717, 1.165) is 17.9 Å². The summed E-state index contributed by atoms with van der Waals surface area (Å²) in [6.45, 7) is 3.57. The molecule has 1 aromatic rings. The molecule has 1 aliphatic heterocycles. The van der Waals surface area contributed by atoms with Crippen molar-refractivity contribution in [3.63, 3.8) is 0 Å². The number of fused-ring (bicyclic) bond motifs is 4. The second kappa shape index (κ2) is 3.09. The van der Waals surface area contributed by atoms with Crippen LogP contribution >= 0.6 is 0 Å². The average molecular weight is 187 g/mol. The minimum atomic E-state index is 0.742. The zero-order valence-electron chi connectivity index (χ0n) is 8.66. The lowest BCUT2D eigenvalue weighted by Crippen LogP contribution is -2.46.